The third-order valence-electron chi connectivity index (χ3n) is 9.40. The van der Waals surface area contributed by atoms with E-state index in [9.17, 15) is 9.59 Å². The van der Waals surface area contributed by atoms with Crippen LogP contribution in [0.15, 0.2) is 42.6 Å². The summed E-state index contributed by atoms with van der Waals surface area (Å²) in [4.78, 5) is 40.7. The van der Waals surface area contributed by atoms with E-state index >= 15 is 0 Å². The minimum atomic E-state index is -0.548. The number of esters is 1. The van der Waals surface area contributed by atoms with E-state index in [1.54, 1.807) is 4.52 Å². The lowest BCUT2D eigenvalue weighted by atomic mass is 9.82. The van der Waals surface area contributed by atoms with Crippen LogP contribution < -0.4 is 9.80 Å². The number of aromatic nitrogens is 6. The predicted octanol–water partition coefficient (Wildman–Crippen LogP) is 2.85. The van der Waals surface area contributed by atoms with E-state index < -0.39 is 5.97 Å². The Bertz CT molecular complexity index is 1670. The number of carbonyl (C=O) groups excluding carboxylic acids is 2. The minimum absolute atomic E-state index is 0.0505. The summed E-state index contributed by atoms with van der Waals surface area (Å²) in [7, 11) is 1.31. The summed E-state index contributed by atoms with van der Waals surface area (Å²) in [6, 6.07) is 12.9. The number of nitrogens with zero attached hydrogens (tertiary/aromatic N) is 8. The van der Waals surface area contributed by atoms with Crippen LogP contribution in [-0.4, -0.2) is 92.9 Å². The molecule has 2 atom stereocenters. The van der Waals surface area contributed by atoms with E-state index in [0.717, 1.165) is 50.1 Å². The van der Waals surface area contributed by atoms with Crippen molar-refractivity contribution in [1.29, 1.82) is 0 Å². The van der Waals surface area contributed by atoms with Crippen LogP contribution in [-0.2, 0) is 10.2 Å². The normalized spacial score (nSPS) is 23.9. The highest BCUT2D eigenvalue weighted by molar-refractivity contribution is 5.91. The van der Waals surface area contributed by atoms with Crippen LogP contribution >= 0.6 is 0 Å². The fourth-order valence-corrected chi connectivity index (χ4v) is 6.92. The van der Waals surface area contributed by atoms with Crippen LogP contribution in [0.25, 0.3) is 5.65 Å². The van der Waals surface area contributed by atoms with Gasteiger partial charge in [0.05, 0.1) is 19.0 Å². The van der Waals surface area contributed by atoms with Crippen LogP contribution in [0.4, 0.5) is 11.6 Å². The van der Waals surface area contributed by atoms with Gasteiger partial charge in [0.25, 0.3) is 5.91 Å². The van der Waals surface area contributed by atoms with Crippen molar-refractivity contribution < 1.29 is 14.3 Å². The molecule has 0 bridgehead atoms. The Morgan fingerprint density at radius 3 is 2.57 bits per heavy atom. The maximum atomic E-state index is 13.6. The van der Waals surface area contributed by atoms with Gasteiger partial charge in [-0.1, -0.05) is 37.3 Å². The molecule has 12 nitrogen and oxygen atoms in total. The number of methoxy groups -OCH3 is 1. The zero-order valence-corrected chi connectivity index (χ0v) is 24.2. The molecule has 3 aliphatic rings. The third-order valence-corrected chi connectivity index (χ3v) is 9.40. The number of anilines is 2. The number of fused-ring (bicyclic) bond motifs is 1. The van der Waals surface area contributed by atoms with Gasteiger partial charge in [-0.25, -0.2) is 14.3 Å². The van der Waals surface area contributed by atoms with Crippen molar-refractivity contribution in [2.75, 3.05) is 56.2 Å². The van der Waals surface area contributed by atoms with Gasteiger partial charge in [-0.2, -0.15) is 4.98 Å². The van der Waals surface area contributed by atoms with Gasteiger partial charge in [0, 0.05) is 50.1 Å². The van der Waals surface area contributed by atoms with Crippen molar-refractivity contribution in [1.82, 2.24) is 34.7 Å². The molecule has 1 unspecified atom stereocenters. The summed E-state index contributed by atoms with van der Waals surface area (Å²) >= 11 is 0. The lowest BCUT2D eigenvalue weighted by Crippen LogP contribution is -2.34. The molecular weight excluding hydrogens is 534 g/mol. The topological polar surface area (TPSA) is 125 Å². The highest BCUT2D eigenvalue weighted by atomic mass is 16.5. The standard InChI is InChI=1S/C30H35N9O3/c1-20-15-22(36-12-9-29(2,17-36)21-7-5-4-6-8-21)16-39-25(20)31-23(35-39)26(40)37-13-10-30(18-37)11-14-38(19-30)28-32-24(33-34-28)27(41)42-3/h4-8,15-16H,9-14,17-19H2,1-3H3,(H,32,33,34)/t29-,30?/m0/s1. The van der Waals surface area contributed by atoms with E-state index in [2.05, 4.69) is 78.4 Å². The lowest BCUT2D eigenvalue weighted by molar-refractivity contribution is 0.0587. The number of amides is 1. The molecule has 1 amide bonds. The quantitative estimate of drug-likeness (QED) is 0.361. The van der Waals surface area contributed by atoms with E-state index in [-0.39, 0.29) is 28.4 Å². The number of aryl methyl sites for hydroxylation is 1. The van der Waals surface area contributed by atoms with Crippen molar-refractivity contribution in [2.24, 2.45) is 5.41 Å². The zero-order chi connectivity index (χ0) is 29.1. The number of pyridine rings is 1. The monoisotopic (exact) mass is 569 g/mol. The van der Waals surface area contributed by atoms with Gasteiger partial charge in [0.2, 0.25) is 17.6 Å². The molecule has 1 N–H and O–H groups in total. The fourth-order valence-electron chi connectivity index (χ4n) is 6.92. The second-order valence-electron chi connectivity index (χ2n) is 12.3. The second kappa shape index (κ2) is 9.81. The highest BCUT2D eigenvalue weighted by Gasteiger charge is 2.46. The molecular formula is C30H35N9O3. The summed E-state index contributed by atoms with van der Waals surface area (Å²) in [5.74, 6) is 0.109. The molecule has 3 saturated heterocycles. The number of nitrogens with one attached hydrogen (secondary N) is 1. The number of aromatic amines is 1. The Hall–Kier alpha value is -4.48. The van der Waals surface area contributed by atoms with Gasteiger partial charge < -0.3 is 19.4 Å². The van der Waals surface area contributed by atoms with Crippen molar-refractivity contribution in [3.63, 3.8) is 0 Å². The Kier molecular flexibility index (Phi) is 6.17. The van der Waals surface area contributed by atoms with E-state index in [4.69, 9.17) is 4.74 Å². The molecule has 3 aliphatic heterocycles. The van der Waals surface area contributed by atoms with Crippen LogP contribution in [0.5, 0.6) is 0 Å². The molecule has 6 heterocycles. The molecule has 0 aliphatic carbocycles. The molecule has 218 valence electrons. The Morgan fingerprint density at radius 1 is 0.976 bits per heavy atom. The first kappa shape index (κ1) is 26.4. The average molecular weight is 570 g/mol. The Morgan fingerprint density at radius 2 is 1.76 bits per heavy atom. The van der Waals surface area contributed by atoms with E-state index in [1.165, 1.54) is 12.7 Å². The van der Waals surface area contributed by atoms with E-state index in [0.29, 0.717) is 31.2 Å². The van der Waals surface area contributed by atoms with Crippen LogP contribution in [0.1, 0.15) is 58.6 Å². The molecule has 0 saturated carbocycles. The smallest absolute Gasteiger partial charge is 0.375 e. The van der Waals surface area contributed by atoms with Crippen molar-refractivity contribution in [3.8, 4) is 0 Å². The summed E-state index contributed by atoms with van der Waals surface area (Å²) in [5.41, 5.74) is 4.20. The Balaban J connectivity index is 1.05. The van der Waals surface area contributed by atoms with Gasteiger partial charge in [0.15, 0.2) is 5.65 Å². The molecule has 4 aromatic rings. The summed E-state index contributed by atoms with van der Waals surface area (Å²) in [6.45, 7) is 9.00. The van der Waals surface area contributed by atoms with Gasteiger partial charge in [0.1, 0.15) is 0 Å². The molecule has 1 aromatic carbocycles. The number of benzene rings is 1. The number of hydrogen-bond acceptors (Lipinski definition) is 9. The van der Waals surface area contributed by atoms with Crippen molar-refractivity contribution >= 4 is 29.2 Å². The van der Waals surface area contributed by atoms with Crippen molar-refractivity contribution in [2.45, 2.75) is 38.5 Å². The summed E-state index contributed by atoms with van der Waals surface area (Å²) in [6.07, 6.45) is 4.88. The van der Waals surface area contributed by atoms with Crippen LogP contribution in [0.3, 0.4) is 0 Å². The first-order valence-electron chi connectivity index (χ1n) is 14.5. The molecule has 3 aromatic heterocycles. The van der Waals surface area contributed by atoms with Crippen LogP contribution in [0.2, 0.25) is 0 Å². The third kappa shape index (κ3) is 4.45. The Labute approximate surface area is 243 Å². The molecule has 7 rings (SSSR count). The summed E-state index contributed by atoms with van der Waals surface area (Å²) < 4.78 is 6.49. The number of hydrogen-bond donors (Lipinski definition) is 1. The van der Waals surface area contributed by atoms with Gasteiger partial charge in [-0.05, 0) is 43.4 Å². The maximum Gasteiger partial charge on any atom is 0.375 e. The first-order valence-corrected chi connectivity index (χ1v) is 14.5. The first-order chi connectivity index (χ1) is 20.3. The van der Waals surface area contributed by atoms with Crippen molar-refractivity contribution in [3.05, 3.63) is 65.4 Å². The second-order valence-corrected chi connectivity index (χ2v) is 12.3. The lowest BCUT2D eigenvalue weighted by Gasteiger charge is -2.26. The number of H-pyrrole nitrogens is 1. The predicted molar refractivity (Wildman–Crippen MR) is 156 cm³/mol. The molecule has 3 fully saturated rings. The maximum absolute atomic E-state index is 13.6. The highest BCUT2D eigenvalue weighted by Crippen LogP contribution is 2.41. The largest absolute Gasteiger partial charge is 0.463 e. The van der Waals surface area contributed by atoms with E-state index in [1.807, 2.05) is 18.0 Å². The van der Waals surface area contributed by atoms with Crippen LogP contribution in [0, 0.1) is 12.3 Å². The molecule has 1 spiro atoms. The average Bonchev–Trinajstić information content (AvgIpc) is 3.84. The van der Waals surface area contributed by atoms with Gasteiger partial charge in [-0.3, -0.25) is 9.89 Å². The molecule has 0 radical (unpaired) electrons. The van der Waals surface area contributed by atoms with Gasteiger partial charge >= 0.3 is 5.97 Å². The zero-order valence-electron chi connectivity index (χ0n) is 24.2. The molecule has 12 heteroatoms. The van der Waals surface area contributed by atoms with Gasteiger partial charge in [-0.15, -0.1) is 10.2 Å². The number of likely N-dealkylation sites (tertiary alicyclic amines) is 1. The fraction of sp³-hybridized carbons (Fsp3) is 0.467. The number of rotatable bonds is 5. The number of ether oxygens (including phenoxy) is 1. The molecule has 42 heavy (non-hydrogen) atoms. The minimum Gasteiger partial charge on any atom is -0.463 e. The number of carbonyl (C=O) groups is 2. The summed E-state index contributed by atoms with van der Waals surface area (Å²) in [5, 5.41) is 11.5. The SMILES string of the molecule is COC(=O)c1nc(N2CCC3(CCN(C(=O)c4nc5c(C)cc(N6CC[C@](C)(c7ccccc7)C6)cn5n4)C3)C2)n[nH]1.